The van der Waals surface area contributed by atoms with Crippen LogP contribution in [0.3, 0.4) is 0 Å². The van der Waals surface area contributed by atoms with E-state index in [4.69, 9.17) is 15.0 Å². The zero-order valence-electron chi connectivity index (χ0n) is 24.1. The van der Waals surface area contributed by atoms with E-state index in [0.717, 1.165) is 46.0 Å². The third kappa shape index (κ3) is 3.26. The topological polar surface area (TPSA) is 50.1 Å². The van der Waals surface area contributed by atoms with Crippen LogP contribution in [0.15, 0.2) is 115 Å². The maximum absolute atomic E-state index is 5.43. The van der Waals surface area contributed by atoms with Crippen molar-refractivity contribution < 1.29 is 0 Å². The fourth-order valence-electron chi connectivity index (χ4n) is 7.62. The van der Waals surface area contributed by atoms with Gasteiger partial charge in [-0.3, -0.25) is 9.47 Å². The maximum Gasteiger partial charge on any atom is 0.234 e. The van der Waals surface area contributed by atoms with Gasteiger partial charge >= 0.3 is 0 Å². The van der Waals surface area contributed by atoms with Gasteiger partial charge in [0.05, 0.1) is 22.4 Å². The van der Waals surface area contributed by atoms with E-state index < -0.39 is 5.66 Å². The Balaban J connectivity index is 1.36. The minimum Gasteiger partial charge on any atom is -0.315 e. The molecule has 0 saturated heterocycles. The Morgan fingerprint density at radius 3 is 2.33 bits per heavy atom. The lowest BCUT2D eigenvalue weighted by Crippen LogP contribution is -2.44. The van der Waals surface area contributed by atoms with E-state index in [1.54, 1.807) is 0 Å². The van der Waals surface area contributed by atoms with Gasteiger partial charge in [0.15, 0.2) is 0 Å². The first-order chi connectivity index (χ1) is 21.1. The zero-order chi connectivity index (χ0) is 28.7. The number of benzene rings is 4. The molecule has 0 N–H and O–H groups in total. The first-order valence-electron chi connectivity index (χ1n) is 15.0. The van der Waals surface area contributed by atoms with Gasteiger partial charge in [-0.1, -0.05) is 91.9 Å². The van der Waals surface area contributed by atoms with Gasteiger partial charge in [0.1, 0.15) is 11.7 Å². The molecule has 0 bridgehead atoms. The molecule has 0 amide bonds. The summed E-state index contributed by atoms with van der Waals surface area (Å²) in [6.07, 6.45) is 5.39. The highest BCUT2D eigenvalue weighted by molar-refractivity contribution is 5.87. The SMILES string of the molecule is CC1CC=Cc2nc(N3c4nc5ccccc5n4C4(C)C3c3ccccc3N4c3ccccc3)nc(-c3ccccc3)c21. The molecule has 4 aromatic carbocycles. The smallest absolute Gasteiger partial charge is 0.234 e. The lowest BCUT2D eigenvalue weighted by molar-refractivity contribution is 0.334. The molecule has 3 aliphatic rings. The van der Waals surface area contributed by atoms with Gasteiger partial charge < -0.3 is 4.90 Å². The van der Waals surface area contributed by atoms with Crippen molar-refractivity contribution in [3.8, 4) is 11.3 Å². The van der Waals surface area contributed by atoms with E-state index in [1.807, 2.05) is 0 Å². The fourth-order valence-corrected chi connectivity index (χ4v) is 7.62. The van der Waals surface area contributed by atoms with Gasteiger partial charge in [0, 0.05) is 28.1 Å². The fraction of sp³-hybridized carbons (Fsp3) is 0.162. The van der Waals surface area contributed by atoms with Crippen molar-refractivity contribution >= 4 is 40.4 Å². The van der Waals surface area contributed by atoms with Crippen LogP contribution in [0.5, 0.6) is 0 Å². The van der Waals surface area contributed by atoms with E-state index in [1.165, 1.54) is 16.8 Å². The summed E-state index contributed by atoms with van der Waals surface area (Å²) < 4.78 is 2.41. The van der Waals surface area contributed by atoms with E-state index in [0.29, 0.717) is 11.9 Å². The Kier molecular flexibility index (Phi) is 5.04. The molecule has 3 unspecified atom stereocenters. The number of fused-ring (bicyclic) bond motifs is 8. The molecular formula is C37H30N6. The number of aromatic nitrogens is 4. The quantitative estimate of drug-likeness (QED) is 0.217. The molecule has 0 fully saturated rings. The van der Waals surface area contributed by atoms with Crippen molar-refractivity contribution in [2.75, 3.05) is 9.80 Å². The second-order valence-electron chi connectivity index (χ2n) is 11.9. The minimum atomic E-state index is -0.536. The predicted octanol–water partition coefficient (Wildman–Crippen LogP) is 8.73. The Hall–Kier alpha value is -5.23. The molecule has 1 aliphatic carbocycles. The van der Waals surface area contributed by atoms with Crippen molar-refractivity contribution in [1.29, 1.82) is 0 Å². The lowest BCUT2D eigenvalue weighted by Gasteiger charge is -2.39. The molecule has 3 atom stereocenters. The van der Waals surface area contributed by atoms with Crippen LogP contribution in [0, 0.1) is 0 Å². The van der Waals surface area contributed by atoms with E-state index in [2.05, 4.69) is 150 Å². The van der Waals surface area contributed by atoms with Crippen molar-refractivity contribution in [1.82, 2.24) is 19.5 Å². The molecule has 6 nitrogen and oxygen atoms in total. The zero-order valence-corrected chi connectivity index (χ0v) is 24.1. The van der Waals surface area contributed by atoms with E-state index >= 15 is 0 Å². The Morgan fingerprint density at radius 1 is 0.767 bits per heavy atom. The van der Waals surface area contributed by atoms with Crippen LogP contribution in [0.4, 0.5) is 23.3 Å². The van der Waals surface area contributed by atoms with Gasteiger partial charge in [-0.05, 0) is 55.7 Å². The van der Waals surface area contributed by atoms with Crippen molar-refractivity contribution in [3.63, 3.8) is 0 Å². The summed E-state index contributed by atoms with van der Waals surface area (Å²) in [7, 11) is 0. The van der Waals surface area contributed by atoms with Crippen molar-refractivity contribution in [3.05, 3.63) is 132 Å². The van der Waals surface area contributed by atoms with Crippen LogP contribution in [0.1, 0.15) is 49.0 Å². The standard InChI is InChI=1S/C37H30N6/c1-24-14-13-21-29-32(24)33(25-15-5-3-6-16-25)40-35(38-29)41-34-27-19-9-11-22-30(27)42(26-17-7-4-8-18-26)37(34,2)43-31-23-12-10-20-28(31)39-36(41)43/h3-13,15-24,34H,14H2,1-2H3. The predicted molar refractivity (Wildman–Crippen MR) is 173 cm³/mol. The highest BCUT2D eigenvalue weighted by atomic mass is 15.6. The third-order valence-corrected chi connectivity index (χ3v) is 9.41. The highest BCUT2D eigenvalue weighted by Gasteiger charge is 2.60. The third-order valence-electron chi connectivity index (χ3n) is 9.41. The Bertz CT molecular complexity index is 2060. The van der Waals surface area contributed by atoms with Crippen LogP contribution in [-0.4, -0.2) is 19.5 Å². The van der Waals surface area contributed by atoms with Crippen LogP contribution in [-0.2, 0) is 5.66 Å². The second-order valence-corrected chi connectivity index (χ2v) is 11.9. The number of para-hydroxylation sites is 4. The Morgan fingerprint density at radius 2 is 1.49 bits per heavy atom. The monoisotopic (exact) mass is 558 g/mol. The summed E-state index contributed by atoms with van der Waals surface area (Å²) >= 11 is 0. The summed E-state index contributed by atoms with van der Waals surface area (Å²) in [5.41, 5.74) is 9.38. The van der Waals surface area contributed by atoms with Crippen LogP contribution >= 0.6 is 0 Å². The summed E-state index contributed by atoms with van der Waals surface area (Å²) in [6.45, 7) is 4.61. The molecule has 2 aliphatic heterocycles. The average Bonchev–Trinajstić information content (AvgIpc) is 3.64. The van der Waals surface area contributed by atoms with E-state index in [-0.39, 0.29) is 6.04 Å². The molecule has 0 radical (unpaired) electrons. The van der Waals surface area contributed by atoms with Crippen LogP contribution in [0.25, 0.3) is 28.4 Å². The number of hydrogen-bond acceptors (Lipinski definition) is 5. The first-order valence-corrected chi connectivity index (χ1v) is 15.0. The number of nitrogens with zero attached hydrogens (tertiary/aromatic N) is 6. The molecule has 2 aromatic heterocycles. The molecule has 4 heterocycles. The summed E-state index contributed by atoms with van der Waals surface area (Å²) in [5.74, 6) is 1.86. The normalized spacial score (nSPS) is 21.5. The average molecular weight is 559 g/mol. The molecule has 43 heavy (non-hydrogen) atoms. The number of rotatable bonds is 3. The van der Waals surface area contributed by atoms with Gasteiger partial charge in [0.25, 0.3) is 0 Å². The number of imidazole rings is 1. The Labute approximate surface area is 250 Å². The molecule has 0 spiro atoms. The maximum atomic E-state index is 5.43. The molecule has 0 saturated carbocycles. The van der Waals surface area contributed by atoms with Crippen LogP contribution in [0.2, 0.25) is 0 Å². The highest BCUT2D eigenvalue weighted by Crippen LogP contribution is 2.62. The number of allylic oxidation sites excluding steroid dienone is 1. The molecule has 6 aromatic rings. The largest absolute Gasteiger partial charge is 0.315 e. The number of hydrogen-bond donors (Lipinski definition) is 0. The van der Waals surface area contributed by atoms with Gasteiger partial charge in [-0.2, -0.15) is 0 Å². The van der Waals surface area contributed by atoms with Crippen LogP contribution < -0.4 is 9.80 Å². The lowest BCUT2D eigenvalue weighted by atomic mass is 9.88. The van der Waals surface area contributed by atoms with E-state index in [9.17, 15) is 0 Å². The summed E-state index contributed by atoms with van der Waals surface area (Å²) in [5, 5.41) is 0. The molecule has 6 heteroatoms. The molecule has 9 rings (SSSR count). The van der Waals surface area contributed by atoms with Crippen molar-refractivity contribution in [2.45, 2.75) is 37.9 Å². The van der Waals surface area contributed by atoms with Gasteiger partial charge in [0.2, 0.25) is 11.9 Å². The van der Waals surface area contributed by atoms with Crippen molar-refractivity contribution in [2.24, 2.45) is 0 Å². The second kappa shape index (κ2) is 8.88. The summed E-state index contributed by atoms with van der Waals surface area (Å²) in [6, 6.07) is 38.3. The van der Waals surface area contributed by atoms with Gasteiger partial charge in [-0.25, -0.2) is 15.0 Å². The molecule has 208 valence electrons. The summed E-state index contributed by atoms with van der Waals surface area (Å²) in [4.78, 5) is 20.8. The van der Waals surface area contributed by atoms with Gasteiger partial charge in [-0.15, -0.1) is 0 Å². The minimum absolute atomic E-state index is 0.109. The number of anilines is 4. The molecular weight excluding hydrogens is 528 g/mol. The first kappa shape index (κ1) is 24.4.